The Morgan fingerprint density at radius 2 is 1.76 bits per heavy atom. The molecule has 1 aliphatic carbocycles. The van der Waals surface area contributed by atoms with Crippen LogP contribution in [0.2, 0.25) is 0 Å². The second kappa shape index (κ2) is 4.69. The van der Waals surface area contributed by atoms with Gasteiger partial charge in [0.05, 0.1) is 0 Å². The van der Waals surface area contributed by atoms with Gasteiger partial charge in [0.2, 0.25) is 0 Å². The summed E-state index contributed by atoms with van der Waals surface area (Å²) in [6.45, 7) is 2.15. The zero-order valence-electron chi connectivity index (χ0n) is 11.3. The summed E-state index contributed by atoms with van der Waals surface area (Å²) in [5.74, 6) is 0. The highest BCUT2D eigenvalue weighted by Gasteiger charge is 2.31. The van der Waals surface area contributed by atoms with Gasteiger partial charge in [0, 0.05) is 25.3 Å². The Kier molecular flexibility index (Phi) is 3.43. The van der Waals surface area contributed by atoms with E-state index in [2.05, 4.69) is 44.1 Å². The molecule has 1 aromatic carbocycles. The Balaban J connectivity index is 2.44. The lowest BCUT2D eigenvalue weighted by Crippen LogP contribution is -2.39. The topological polar surface area (TPSA) is 29.3 Å². The summed E-state index contributed by atoms with van der Waals surface area (Å²) >= 11 is 0. The first-order valence-electron chi connectivity index (χ1n) is 6.60. The van der Waals surface area contributed by atoms with Crippen LogP contribution in [0, 0.1) is 6.92 Å². The van der Waals surface area contributed by atoms with Crippen molar-refractivity contribution in [3.8, 4) is 0 Å². The van der Waals surface area contributed by atoms with Crippen molar-refractivity contribution in [2.24, 2.45) is 5.73 Å². The number of nitrogens with two attached hydrogens (primary N) is 1. The van der Waals surface area contributed by atoms with Gasteiger partial charge in [-0.2, -0.15) is 0 Å². The van der Waals surface area contributed by atoms with Crippen LogP contribution >= 0.6 is 0 Å². The standard InChI is InChI=1S/C15H24N2/c1-12-7-8-14(17(2)3)13(11-12)15(16)9-5-4-6-10-15/h7-8,11H,4-6,9-10,16H2,1-3H3. The highest BCUT2D eigenvalue weighted by Crippen LogP contribution is 2.39. The van der Waals surface area contributed by atoms with Gasteiger partial charge in [0.1, 0.15) is 0 Å². The number of anilines is 1. The van der Waals surface area contributed by atoms with Gasteiger partial charge in [-0.3, -0.25) is 0 Å². The Labute approximate surface area is 105 Å². The molecule has 0 saturated heterocycles. The van der Waals surface area contributed by atoms with Gasteiger partial charge < -0.3 is 10.6 Å². The van der Waals surface area contributed by atoms with Crippen LogP contribution in [0.25, 0.3) is 0 Å². The van der Waals surface area contributed by atoms with Crippen molar-refractivity contribution >= 4 is 5.69 Å². The van der Waals surface area contributed by atoms with Crippen LogP contribution in [0.1, 0.15) is 43.2 Å². The van der Waals surface area contributed by atoms with E-state index in [1.165, 1.54) is 36.1 Å². The highest BCUT2D eigenvalue weighted by molar-refractivity contribution is 5.57. The van der Waals surface area contributed by atoms with Gasteiger partial charge in [-0.05, 0) is 31.4 Å². The fourth-order valence-corrected chi connectivity index (χ4v) is 2.89. The van der Waals surface area contributed by atoms with Crippen LogP contribution in [-0.4, -0.2) is 14.1 Å². The molecule has 0 radical (unpaired) electrons. The van der Waals surface area contributed by atoms with Gasteiger partial charge in [-0.1, -0.05) is 37.0 Å². The number of benzene rings is 1. The van der Waals surface area contributed by atoms with Crippen molar-refractivity contribution in [3.05, 3.63) is 29.3 Å². The number of hydrogen-bond donors (Lipinski definition) is 1. The molecular weight excluding hydrogens is 208 g/mol. The van der Waals surface area contributed by atoms with E-state index < -0.39 is 0 Å². The summed E-state index contributed by atoms with van der Waals surface area (Å²) in [5, 5.41) is 0. The average Bonchev–Trinajstić information content (AvgIpc) is 2.29. The average molecular weight is 232 g/mol. The SMILES string of the molecule is Cc1ccc(N(C)C)c(C2(N)CCCCC2)c1. The molecule has 94 valence electrons. The molecule has 0 amide bonds. The minimum Gasteiger partial charge on any atom is -0.377 e. The number of rotatable bonds is 2. The summed E-state index contributed by atoms with van der Waals surface area (Å²) in [7, 11) is 4.20. The quantitative estimate of drug-likeness (QED) is 0.848. The predicted octanol–water partition coefficient (Wildman–Crippen LogP) is 3.18. The lowest BCUT2D eigenvalue weighted by molar-refractivity contribution is 0.302. The van der Waals surface area contributed by atoms with E-state index in [-0.39, 0.29) is 5.54 Å². The van der Waals surface area contributed by atoms with E-state index in [9.17, 15) is 0 Å². The molecule has 2 N–H and O–H groups in total. The molecule has 2 heteroatoms. The van der Waals surface area contributed by atoms with Crippen molar-refractivity contribution < 1.29 is 0 Å². The lowest BCUT2D eigenvalue weighted by Gasteiger charge is -2.37. The number of nitrogens with zero attached hydrogens (tertiary/aromatic N) is 1. The molecule has 0 heterocycles. The van der Waals surface area contributed by atoms with Crippen LogP contribution in [0.15, 0.2) is 18.2 Å². The van der Waals surface area contributed by atoms with Crippen molar-refractivity contribution in [1.29, 1.82) is 0 Å². The van der Waals surface area contributed by atoms with Crippen LogP contribution in [-0.2, 0) is 5.54 Å². The van der Waals surface area contributed by atoms with E-state index >= 15 is 0 Å². The van der Waals surface area contributed by atoms with Crippen LogP contribution < -0.4 is 10.6 Å². The van der Waals surface area contributed by atoms with E-state index in [1.54, 1.807) is 0 Å². The van der Waals surface area contributed by atoms with Crippen molar-refractivity contribution in [1.82, 2.24) is 0 Å². The second-order valence-corrected chi connectivity index (χ2v) is 5.63. The van der Waals surface area contributed by atoms with Crippen molar-refractivity contribution in [2.75, 3.05) is 19.0 Å². The smallest absolute Gasteiger partial charge is 0.0430 e. The Hall–Kier alpha value is -1.02. The number of hydrogen-bond acceptors (Lipinski definition) is 2. The molecule has 1 aliphatic rings. The minimum absolute atomic E-state index is 0.107. The van der Waals surface area contributed by atoms with Crippen LogP contribution in [0.3, 0.4) is 0 Å². The summed E-state index contributed by atoms with van der Waals surface area (Å²) in [6, 6.07) is 6.65. The van der Waals surface area contributed by atoms with Crippen LogP contribution in [0.5, 0.6) is 0 Å². The van der Waals surface area contributed by atoms with E-state index in [0.29, 0.717) is 0 Å². The third kappa shape index (κ3) is 2.47. The normalized spacial score (nSPS) is 19.1. The molecule has 0 bridgehead atoms. The third-order valence-corrected chi connectivity index (χ3v) is 3.92. The van der Waals surface area contributed by atoms with Gasteiger partial charge in [0.15, 0.2) is 0 Å². The summed E-state index contributed by atoms with van der Waals surface area (Å²) in [4.78, 5) is 2.18. The fourth-order valence-electron chi connectivity index (χ4n) is 2.89. The lowest BCUT2D eigenvalue weighted by atomic mass is 9.76. The zero-order valence-corrected chi connectivity index (χ0v) is 11.3. The van der Waals surface area contributed by atoms with Crippen molar-refractivity contribution in [2.45, 2.75) is 44.6 Å². The molecule has 2 nitrogen and oxygen atoms in total. The van der Waals surface area contributed by atoms with E-state index in [0.717, 1.165) is 12.8 Å². The summed E-state index contributed by atoms with van der Waals surface area (Å²) in [5.41, 5.74) is 10.5. The molecular formula is C15H24N2. The van der Waals surface area contributed by atoms with Crippen LogP contribution in [0.4, 0.5) is 5.69 Å². The fraction of sp³-hybridized carbons (Fsp3) is 0.600. The van der Waals surface area contributed by atoms with Crippen molar-refractivity contribution in [3.63, 3.8) is 0 Å². The molecule has 0 aliphatic heterocycles. The van der Waals surface area contributed by atoms with E-state index in [4.69, 9.17) is 5.73 Å². The molecule has 0 atom stereocenters. The summed E-state index contributed by atoms with van der Waals surface area (Å²) in [6.07, 6.45) is 6.10. The summed E-state index contributed by atoms with van der Waals surface area (Å²) < 4.78 is 0. The van der Waals surface area contributed by atoms with Gasteiger partial charge in [-0.25, -0.2) is 0 Å². The molecule has 0 aromatic heterocycles. The second-order valence-electron chi connectivity index (χ2n) is 5.63. The Morgan fingerprint density at radius 3 is 2.35 bits per heavy atom. The molecule has 0 spiro atoms. The van der Waals surface area contributed by atoms with E-state index in [1.807, 2.05) is 0 Å². The largest absolute Gasteiger partial charge is 0.377 e. The van der Waals surface area contributed by atoms with Gasteiger partial charge >= 0.3 is 0 Å². The molecule has 17 heavy (non-hydrogen) atoms. The Morgan fingerprint density at radius 1 is 1.12 bits per heavy atom. The van der Waals surface area contributed by atoms with Gasteiger partial charge in [-0.15, -0.1) is 0 Å². The molecule has 2 rings (SSSR count). The first-order valence-corrected chi connectivity index (χ1v) is 6.60. The maximum absolute atomic E-state index is 6.66. The maximum atomic E-state index is 6.66. The first-order chi connectivity index (χ1) is 8.03. The maximum Gasteiger partial charge on any atom is 0.0430 e. The minimum atomic E-state index is -0.107. The first kappa shape index (κ1) is 12.4. The zero-order chi connectivity index (χ0) is 12.5. The molecule has 0 unspecified atom stereocenters. The molecule has 1 saturated carbocycles. The molecule has 1 aromatic rings. The highest BCUT2D eigenvalue weighted by atomic mass is 15.1. The monoisotopic (exact) mass is 232 g/mol. The van der Waals surface area contributed by atoms with Gasteiger partial charge in [0.25, 0.3) is 0 Å². The third-order valence-electron chi connectivity index (χ3n) is 3.92. The number of aryl methyl sites for hydroxylation is 1. The predicted molar refractivity (Wildman–Crippen MR) is 74.5 cm³/mol. The molecule has 1 fully saturated rings. The Bertz CT molecular complexity index is 390.